The number of rotatable bonds is 3. The van der Waals surface area contributed by atoms with Crippen LogP contribution in [0.25, 0.3) is 0 Å². The molecule has 0 amide bonds. The van der Waals surface area contributed by atoms with Crippen molar-refractivity contribution in [3.05, 3.63) is 29.8 Å². The van der Waals surface area contributed by atoms with Crippen LogP contribution < -0.4 is 4.90 Å². The molecule has 0 aromatic heterocycles. The smallest absolute Gasteiger partial charge is 0.331 e. The highest BCUT2D eigenvalue weighted by atomic mass is 16.5. The van der Waals surface area contributed by atoms with Gasteiger partial charge in [-0.25, -0.2) is 9.59 Å². The zero-order chi connectivity index (χ0) is 13.3. The maximum atomic E-state index is 11.6. The first kappa shape index (κ1) is 12.4. The van der Waals surface area contributed by atoms with Gasteiger partial charge < -0.3 is 14.4 Å². The van der Waals surface area contributed by atoms with Crippen molar-refractivity contribution >= 4 is 17.6 Å². The molecule has 96 valence electrons. The summed E-state index contributed by atoms with van der Waals surface area (Å²) in [5, 5.41) is 0. The number of aryl methyl sites for hydroxylation is 1. The largest absolute Gasteiger partial charge is 0.467 e. The Morgan fingerprint density at radius 3 is 1.83 bits per heavy atom. The van der Waals surface area contributed by atoms with Gasteiger partial charge in [-0.1, -0.05) is 17.7 Å². The van der Waals surface area contributed by atoms with Crippen molar-refractivity contribution < 1.29 is 19.1 Å². The minimum Gasteiger partial charge on any atom is -0.467 e. The van der Waals surface area contributed by atoms with Gasteiger partial charge >= 0.3 is 11.9 Å². The summed E-state index contributed by atoms with van der Waals surface area (Å²) in [4.78, 5) is 24.9. The average molecular weight is 249 g/mol. The van der Waals surface area contributed by atoms with Crippen molar-refractivity contribution in [3.8, 4) is 0 Å². The Morgan fingerprint density at radius 1 is 1.00 bits per heavy atom. The summed E-state index contributed by atoms with van der Waals surface area (Å²) in [5.41, 5.74) is 1.93. The topological polar surface area (TPSA) is 55.6 Å². The fraction of sp³-hybridized carbons (Fsp3) is 0.385. The Balaban J connectivity index is 2.23. The third-order valence-corrected chi connectivity index (χ3v) is 3.03. The zero-order valence-corrected chi connectivity index (χ0v) is 10.5. The van der Waals surface area contributed by atoms with Crippen LogP contribution >= 0.6 is 0 Å². The molecule has 0 unspecified atom stereocenters. The van der Waals surface area contributed by atoms with E-state index < -0.39 is 24.0 Å². The van der Waals surface area contributed by atoms with Crippen LogP contribution in [0.15, 0.2) is 24.3 Å². The summed E-state index contributed by atoms with van der Waals surface area (Å²) in [7, 11) is 2.62. The third-order valence-electron chi connectivity index (χ3n) is 3.03. The SMILES string of the molecule is COC(=O)[C@H]1[C@H](C(=O)OC)N1c1ccc(C)cc1. The first-order valence-electron chi connectivity index (χ1n) is 5.61. The van der Waals surface area contributed by atoms with Gasteiger partial charge in [0.1, 0.15) is 0 Å². The molecule has 0 aliphatic carbocycles. The van der Waals surface area contributed by atoms with E-state index in [1.54, 1.807) is 4.90 Å². The lowest BCUT2D eigenvalue weighted by Crippen LogP contribution is -2.18. The highest BCUT2D eigenvalue weighted by Gasteiger charge is 2.59. The second-order valence-corrected chi connectivity index (χ2v) is 4.18. The summed E-state index contributed by atoms with van der Waals surface area (Å²) >= 11 is 0. The fourth-order valence-electron chi connectivity index (χ4n) is 2.00. The van der Waals surface area contributed by atoms with Crippen LogP contribution in [-0.4, -0.2) is 38.2 Å². The molecule has 1 saturated heterocycles. The molecule has 0 spiro atoms. The van der Waals surface area contributed by atoms with E-state index in [9.17, 15) is 9.59 Å². The minimum absolute atomic E-state index is 0.425. The van der Waals surface area contributed by atoms with E-state index in [1.807, 2.05) is 31.2 Å². The lowest BCUT2D eigenvalue weighted by molar-refractivity contribution is -0.144. The number of carbonyl (C=O) groups is 2. The monoisotopic (exact) mass is 249 g/mol. The molecule has 1 fully saturated rings. The predicted molar refractivity (Wildman–Crippen MR) is 65.3 cm³/mol. The Kier molecular flexibility index (Phi) is 3.23. The van der Waals surface area contributed by atoms with Gasteiger partial charge in [-0.05, 0) is 19.1 Å². The van der Waals surface area contributed by atoms with Gasteiger partial charge in [0.2, 0.25) is 0 Å². The lowest BCUT2D eigenvalue weighted by Gasteiger charge is -2.05. The number of esters is 2. The molecule has 1 aliphatic heterocycles. The molecule has 1 aromatic rings. The predicted octanol–water partition coefficient (Wildman–Crippen LogP) is 0.898. The number of anilines is 1. The number of nitrogens with zero attached hydrogens (tertiary/aromatic N) is 1. The van der Waals surface area contributed by atoms with Gasteiger partial charge in [0.05, 0.1) is 14.2 Å². The third kappa shape index (κ3) is 2.03. The second-order valence-electron chi connectivity index (χ2n) is 4.18. The summed E-state index contributed by atoms with van der Waals surface area (Å²) in [6.45, 7) is 1.97. The summed E-state index contributed by atoms with van der Waals surface area (Å²) in [6.07, 6.45) is 0. The van der Waals surface area contributed by atoms with Gasteiger partial charge in [0.15, 0.2) is 12.1 Å². The van der Waals surface area contributed by atoms with Crippen LogP contribution in [0, 0.1) is 6.92 Å². The Hall–Kier alpha value is -2.04. The van der Waals surface area contributed by atoms with E-state index in [0.717, 1.165) is 11.3 Å². The van der Waals surface area contributed by atoms with E-state index in [4.69, 9.17) is 0 Å². The molecule has 1 aliphatic rings. The van der Waals surface area contributed by atoms with Crippen LogP contribution in [0.2, 0.25) is 0 Å². The number of hydrogen-bond donors (Lipinski definition) is 0. The van der Waals surface area contributed by atoms with Gasteiger partial charge in [-0.15, -0.1) is 0 Å². The van der Waals surface area contributed by atoms with Crippen LogP contribution in [-0.2, 0) is 19.1 Å². The highest BCUT2D eigenvalue weighted by molar-refractivity contribution is 6.00. The van der Waals surface area contributed by atoms with Crippen LogP contribution in [0.1, 0.15) is 5.56 Å². The van der Waals surface area contributed by atoms with Crippen LogP contribution in [0.5, 0.6) is 0 Å². The number of methoxy groups -OCH3 is 2. The Labute approximate surface area is 105 Å². The highest BCUT2D eigenvalue weighted by Crippen LogP contribution is 2.36. The van der Waals surface area contributed by atoms with Gasteiger partial charge in [0, 0.05) is 5.69 Å². The maximum Gasteiger partial charge on any atom is 0.331 e. The first-order valence-corrected chi connectivity index (χ1v) is 5.61. The maximum absolute atomic E-state index is 11.6. The van der Waals surface area contributed by atoms with Gasteiger partial charge in [-0.3, -0.25) is 0 Å². The molecule has 5 nitrogen and oxygen atoms in total. The molecular formula is C13H15NO4. The minimum atomic E-state index is -0.579. The van der Waals surface area contributed by atoms with Crippen molar-refractivity contribution in [2.75, 3.05) is 19.1 Å². The normalized spacial score (nSPS) is 21.4. The average Bonchev–Trinajstić information content (AvgIpc) is 3.13. The quantitative estimate of drug-likeness (QED) is 0.588. The van der Waals surface area contributed by atoms with E-state index in [1.165, 1.54) is 14.2 Å². The second kappa shape index (κ2) is 4.68. The summed E-state index contributed by atoms with van der Waals surface area (Å²) in [5.74, 6) is -0.850. The number of hydrogen-bond acceptors (Lipinski definition) is 5. The van der Waals surface area contributed by atoms with E-state index >= 15 is 0 Å². The molecule has 0 radical (unpaired) electrons. The molecule has 2 rings (SSSR count). The molecule has 1 aromatic carbocycles. The fourth-order valence-corrected chi connectivity index (χ4v) is 2.00. The van der Waals surface area contributed by atoms with Crippen molar-refractivity contribution in [1.29, 1.82) is 0 Å². The summed E-state index contributed by atoms with van der Waals surface area (Å²) < 4.78 is 9.37. The number of benzene rings is 1. The standard InChI is InChI=1S/C13H15NO4/c1-8-4-6-9(7-5-8)14-10(12(15)17-2)11(14)13(16)18-3/h4-7,10-11H,1-3H3/t10-,11-/m1/s1. The first-order chi connectivity index (χ1) is 8.60. The molecule has 0 saturated carbocycles. The van der Waals surface area contributed by atoms with Gasteiger partial charge in [0.25, 0.3) is 0 Å². The summed E-state index contributed by atoms with van der Waals surface area (Å²) in [6, 6.07) is 6.44. The van der Waals surface area contributed by atoms with E-state index in [0.29, 0.717) is 0 Å². The van der Waals surface area contributed by atoms with Gasteiger partial charge in [-0.2, -0.15) is 0 Å². The molecular weight excluding hydrogens is 234 g/mol. The Morgan fingerprint density at radius 2 is 1.44 bits per heavy atom. The molecule has 18 heavy (non-hydrogen) atoms. The van der Waals surface area contributed by atoms with Crippen LogP contribution in [0.4, 0.5) is 5.69 Å². The molecule has 0 bridgehead atoms. The van der Waals surface area contributed by atoms with Crippen LogP contribution in [0.3, 0.4) is 0 Å². The number of ether oxygens (including phenoxy) is 2. The molecule has 2 atom stereocenters. The zero-order valence-electron chi connectivity index (χ0n) is 10.5. The molecule has 5 heteroatoms. The molecule has 1 heterocycles. The molecule has 0 N–H and O–H groups in total. The Bertz CT molecular complexity index is 446. The van der Waals surface area contributed by atoms with Crippen molar-refractivity contribution in [2.45, 2.75) is 19.0 Å². The van der Waals surface area contributed by atoms with Crippen molar-refractivity contribution in [1.82, 2.24) is 0 Å². The van der Waals surface area contributed by atoms with E-state index in [2.05, 4.69) is 9.47 Å². The van der Waals surface area contributed by atoms with E-state index in [-0.39, 0.29) is 0 Å². The van der Waals surface area contributed by atoms with Crippen molar-refractivity contribution in [2.24, 2.45) is 0 Å². The van der Waals surface area contributed by atoms with Crippen molar-refractivity contribution in [3.63, 3.8) is 0 Å². The lowest BCUT2D eigenvalue weighted by atomic mass is 10.2. The number of carbonyl (C=O) groups excluding carboxylic acids is 2.